The second-order valence-electron chi connectivity index (χ2n) is 4.02. The molecule has 2 nitrogen and oxygen atoms in total. The summed E-state index contributed by atoms with van der Waals surface area (Å²) < 4.78 is 0.803. The highest BCUT2D eigenvalue weighted by atomic mass is 79.9. The Bertz CT molecular complexity index is 604. The maximum absolute atomic E-state index is 6.18. The van der Waals surface area contributed by atoms with E-state index < -0.39 is 0 Å². The molecule has 1 atom stereocenters. The smallest absolute Gasteiger partial charge is 0.140 e. The van der Waals surface area contributed by atoms with Crippen molar-refractivity contribution >= 4 is 56.6 Å². The number of pyridine rings is 1. The van der Waals surface area contributed by atoms with Gasteiger partial charge in [-0.3, -0.25) is 0 Å². The molecule has 0 saturated heterocycles. The summed E-state index contributed by atoms with van der Waals surface area (Å²) >= 11 is 21.3. The number of hydrogen-bond donors (Lipinski definition) is 1. The second-order valence-corrected chi connectivity index (χ2v) is 6.15. The van der Waals surface area contributed by atoms with Crippen LogP contribution in [0.5, 0.6) is 0 Å². The number of nitrogens with one attached hydrogen (secondary N) is 1. The first-order chi connectivity index (χ1) is 8.97. The summed E-state index contributed by atoms with van der Waals surface area (Å²) in [6.07, 6.45) is 1.59. The van der Waals surface area contributed by atoms with Gasteiger partial charge in [-0.05, 0) is 46.6 Å². The molecule has 2 aromatic rings. The number of halogens is 4. The van der Waals surface area contributed by atoms with E-state index >= 15 is 0 Å². The van der Waals surface area contributed by atoms with Crippen LogP contribution in [0, 0.1) is 0 Å². The number of nitrogens with zero attached hydrogens (tertiary/aromatic N) is 1. The maximum atomic E-state index is 6.18. The minimum absolute atomic E-state index is 0.00487. The molecule has 0 aliphatic carbocycles. The lowest BCUT2D eigenvalue weighted by molar-refractivity contribution is 0.873. The first-order valence-corrected chi connectivity index (χ1v) is 7.42. The number of aromatic nitrogens is 1. The molecule has 100 valence electrons. The largest absolute Gasteiger partial charge is 0.363 e. The summed E-state index contributed by atoms with van der Waals surface area (Å²) in [6, 6.07) is 7.21. The summed E-state index contributed by atoms with van der Waals surface area (Å²) in [5.74, 6) is 0.711. The molecule has 0 spiro atoms. The fourth-order valence-corrected chi connectivity index (χ4v) is 2.98. The fraction of sp³-hybridized carbons (Fsp3) is 0.154. The summed E-state index contributed by atoms with van der Waals surface area (Å²) in [4.78, 5) is 4.23. The van der Waals surface area contributed by atoms with Crippen LogP contribution in [0.15, 0.2) is 34.9 Å². The lowest BCUT2D eigenvalue weighted by atomic mass is 10.1. The van der Waals surface area contributed by atoms with Gasteiger partial charge in [0.15, 0.2) is 0 Å². The summed E-state index contributed by atoms with van der Waals surface area (Å²) in [5, 5.41) is 5.09. The summed E-state index contributed by atoms with van der Waals surface area (Å²) in [7, 11) is 0. The molecule has 6 heteroatoms. The lowest BCUT2D eigenvalue weighted by Crippen LogP contribution is -2.09. The average Bonchev–Trinajstić information content (AvgIpc) is 2.32. The average molecular weight is 381 g/mol. The van der Waals surface area contributed by atoms with Gasteiger partial charge in [0.05, 0.1) is 15.5 Å². The van der Waals surface area contributed by atoms with Crippen LogP contribution in [-0.4, -0.2) is 4.98 Å². The predicted molar refractivity (Wildman–Crippen MR) is 85.4 cm³/mol. The quantitative estimate of drug-likeness (QED) is 0.709. The van der Waals surface area contributed by atoms with Gasteiger partial charge in [0.25, 0.3) is 0 Å². The monoisotopic (exact) mass is 378 g/mol. The Kier molecular flexibility index (Phi) is 4.96. The third kappa shape index (κ3) is 3.76. The molecule has 0 radical (unpaired) electrons. The van der Waals surface area contributed by atoms with E-state index in [0.717, 1.165) is 10.0 Å². The van der Waals surface area contributed by atoms with Crippen LogP contribution < -0.4 is 5.32 Å². The summed E-state index contributed by atoms with van der Waals surface area (Å²) in [6.45, 7) is 2.00. The second kappa shape index (κ2) is 6.31. The molecule has 2 rings (SSSR count). The predicted octanol–water partition coefficient (Wildman–Crippen LogP) is 5.98. The zero-order valence-electron chi connectivity index (χ0n) is 9.92. The van der Waals surface area contributed by atoms with Gasteiger partial charge in [-0.2, -0.15) is 0 Å². The van der Waals surface area contributed by atoms with Crippen LogP contribution in [0.1, 0.15) is 18.5 Å². The first-order valence-electron chi connectivity index (χ1n) is 5.50. The number of benzene rings is 1. The zero-order valence-corrected chi connectivity index (χ0v) is 13.8. The number of anilines is 1. The van der Waals surface area contributed by atoms with Gasteiger partial charge in [-0.1, -0.05) is 40.9 Å². The van der Waals surface area contributed by atoms with Gasteiger partial charge >= 0.3 is 0 Å². The van der Waals surface area contributed by atoms with Gasteiger partial charge in [-0.25, -0.2) is 4.98 Å². The van der Waals surface area contributed by atoms with E-state index in [-0.39, 0.29) is 6.04 Å². The highest BCUT2D eigenvalue weighted by Gasteiger charge is 2.12. The Hall–Kier alpha value is -0.480. The molecule has 0 saturated carbocycles. The minimum Gasteiger partial charge on any atom is -0.363 e. The standard InChI is InChI=1S/C13H10BrCl3N2/c1-7(10-3-2-8(15)5-12(10)17)19-13-11(14)4-9(16)6-18-13/h2-7H,1H3,(H,18,19). The van der Waals surface area contributed by atoms with Gasteiger partial charge in [0.1, 0.15) is 5.82 Å². The molecular formula is C13H10BrCl3N2. The molecule has 1 N–H and O–H groups in total. The van der Waals surface area contributed by atoms with Gasteiger partial charge in [0, 0.05) is 16.2 Å². The molecule has 0 bridgehead atoms. The van der Waals surface area contributed by atoms with Crippen LogP contribution >= 0.6 is 50.7 Å². The van der Waals surface area contributed by atoms with Crippen LogP contribution in [0.4, 0.5) is 5.82 Å². The molecule has 0 aliphatic rings. The van der Waals surface area contributed by atoms with Crippen molar-refractivity contribution in [1.29, 1.82) is 0 Å². The highest BCUT2D eigenvalue weighted by Crippen LogP contribution is 2.30. The van der Waals surface area contributed by atoms with E-state index in [9.17, 15) is 0 Å². The fourth-order valence-electron chi connectivity index (χ4n) is 1.66. The lowest BCUT2D eigenvalue weighted by Gasteiger charge is -2.17. The molecule has 0 aliphatic heterocycles. The molecule has 0 fully saturated rings. The van der Waals surface area contributed by atoms with Crippen LogP contribution in [-0.2, 0) is 0 Å². The van der Waals surface area contributed by atoms with Crippen molar-refractivity contribution in [3.8, 4) is 0 Å². The first kappa shape index (κ1) is 14.9. The molecule has 1 aromatic heterocycles. The molecule has 1 heterocycles. The highest BCUT2D eigenvalue weighted by molar-refractivity contribution is 9.10. The van der Waals surface area contributed by atoms with Gasteiger partial charge in [-0.15, -0.1) is 0 Å². The van der Waals surface area contributed by atoms with Crippen LogP contribution in [0.3, 0.4) is 0 Å². The third-order valence-electron chi connectivity index (χ3n) is 2.59. The summed E-state index contributed by atoms with van der Waals surface area (Å²) in [5.41, 5.74) is 0.953. The minimum atomic E-state index is -0.00487. The Balaban J connectivity index is 2.23. The van der Waals surface area contributed by atoms with Crippen molar-refractivity contribution in [2.75, 3.05) is 5.32 Å². The Morgan fingerprint density at radius 1 is 1.16 bits per heavy atom. The van der Waals surface area contributed by atoms with Gasteiger partial charge < -0.3 is 5.32 Å². The van der Waals surface area contributed by atoms with Crippen LogP contribution in [0.25, 0.3) is 0 Å². The number of rotatable bonds is 3. The molecular weight excluding hydrogens is 370 g/mol. The van der Waals surface area contributed by atoms with E-state index in [4.69, 9.17) is 34.8 Å². The van der Waals surface area contributed by atoms with E-state index in [2.05, 4.69) is 26.2 Å². The van der Waals surface area contributed by atoms with E-state index in [1.165, 1.54) is 0 Å². The topological polar surface area (TPSA) is 24.9 Å². The van der Waals surface area contributed by atoms with Crippen molar-refractivity contribution in [2.45, 2.75) is 13.0 Å². The van der Waals surface area contributed by atoms with E-state index in [1.807, 2.05) is 19.1 Å². The SMILES string of the molecule is CC(Nc1ncc(Cl)cc1Br)c1ccc(Cl)cc1Cl. The van der Waals surface area contributed by atoms with E-state index in [1.54, 1.807) is 18.3 Å². The van der Waals surface area contributed by atoms with Crippen molar-refractivity contribution in [3.63, 3.8) is 0 Å². The van der Waals surface area contributed by atoms with Crippen molar-refractivity contribution in [1.82, 2.24) is 4.98 Å². The van der Waals surface area contributed by atoms with E-state index in [0.29, 0.717) is 20.9 Å². The van der Waals surface area contributed by atoms with Crippen molar-refractivity contribution in [3.05, 3.63) is 55.6 Å². The molecule has 1 aromatic carbocycles. The normalized spacial score (nSPS) is 12.3. The Morgan fingerprint density at radius 3 is 2.53 bits per heavy atom. The molecule has 0 amide bonds. The Morgan fingerprint density at radius 2 is 1.89 bits per heavy atom. The zero-order chi connectivity index (χ0) is 14.0. The van der Waals surface area contributed by atoms with Crippen molar-refractivity contribution < 1.29 is 0 Å². The van der Waals surface area contributed by atoms with Crippen molar-refractivity contribution in [2.24, 2.45) is 0 Å². The Labute approximate surface area is 135 Å². The number of hydrogen-bond acceptors (Lipinski definition) is 2. The molecule has 19 heavy (non-hydrogen) atoms. The van der Waals surface area contributed by atoms with Gasteiger partial charge in [0.2, 0.25) is 0 Å². The molecule has 1 unspecified atom stereocenters. The third-order valence-corrected chi connectivity index (χ3v) is 3.96. The van der Waals surface area contributed by atoms with Crippen LogP contribution in [0.2, 0.25) is 15.1 Å². The maximum Gasteiger partial charge on any atom is 0.140 e.